The van der Waals surface area contributed by atoms with Gasteiger partial charge in [-0.1, -0.05) is 12.1 Å². The minimum Gasteiger partial charge on any atom is -0.369 e. The topological polar surface area (TPSA) is 96.1 Å². The summed E-state index contributed by atoms with van der Waals surface area (Å²) < 4.78 is 1.63. The highest BCUT2D eigenvalue weighted by Gasteiger charge is 2.15. The van der Waals surface area contributed by atoms with Gasteiger partial charge in [-0.2, -0.15) is 0 Å². The summed E-state index contributed by atoms with van der Waals surface area (Å²) in [6.45, 7) is 5.13. The third kappa shape index (κ3) is 3.90. The predicted octanol–water partition coefficient (Wildman–Crippen LogP) is 2.16. The van der Waals surface area contributed by atoms with E-state index < -0.39 is 0 Å². The van der Waals surface area contributed by atoms with Crippen LogP contribution in [0.15, 0.2) is 59.8 Å². The van der Waals surface area contributed by atoms with Gasteiger partial charge in [0, 0.05) is 80.1 Å². The molecule has 3 aromatic heterocycles. The number of nitrogens with two attached hydrogens (primary N) is 1. The summed E-state index contributed by atoms with van der Waals surface area (Å²) in [5, 5.41) is 0. The molecule has 1 fully saturated rings. The molecule has 0 unspecified atom stereocenters. The fraction of sp³-hybridized carbons (Fsp3) is 0.292. The second-order valence-corrected chi connectivity index (χ2v) is 8.23. The van der Waals surface area contributed by atoms with Crippen molar-refractivity contribution >= 4 is 16.9 Å². The highest BCUT2D eigenvalue weighted by Crippen LogP contribution is 2.29. The van der Waals surface area contributed by atoms with Crippen molar-refractivity contribution in [2.45, 2.75) is 6.54 Å². The minimum absolute atomic E-state index is 0.0637. The molecule has 32 heavy (non-hydrogen) atoms. The van der Waals surface area contributed by atoms with Crippen molar-refractivity contribution in [2.75, 3.05) is 44.7 Å². The van der Waals surface area contributed by atoms with Gasteiger partial charge >= 0.3 is 0 Å². The summed E-state index contributed by atoms with van der Waals surface area (Å²) in [4.78, 5) is 29.5. The Labute approximate surface area is 186 Å². The van der Waals surface area contributed by atoms with Crippen LogP contribution < -0.4 is 16.2 Å². The van der Waals surface area contributed by atoms with Crippen LogP contribution in [0.25, 0.3) is 33.5 Å². The van der Waals surface area contributed by atoms with Crippen molar-refractivity contribution < 1.29 is 0 Å². The molecule has 0 amide bonds. The maximum absolute atomic E-state index is 12.1. The molecule has 3 N–H and O–H groups in total. The van der Waals surface area contributed by atoms with E-state index >= 15 is 0 Å². The monoisotopic (exact) mass is 429 g/mol. The third-order valence-electron chi connectivity index (χ3n) is 6.08. The average Bonchev–Trinajstić information content (AvgIpc) is 3.25. The SMILES string of the molecule is CN1CCN(c2ccc(-c3cnc4[nH]cc(-c5ccc(=O)n(CCN)c5)c4n3)cc2)CC1. The number of benzene rings is 1. The van der Waals surface area contributed by atoms with Gasteiger partial charge in [0.15, 0.2) is 5.65 Å². The molecule has 8 heteroatoms. The highest BCUT2D eigenvalue weighted by molar-refractivity contribution is 5.91. The first-order valence-corrected chi connectivity index (χ1v) is 10.9. The normalized spacial score (nSPS) is 14.9. The molecule has 1 aromatic carbocycles. The van der Waals surface area contributed by atoms with Crippen LogP contribution in [0, 0.1) is 0 Å². The number of H-pyrrole nitrogens is 1. The van der Waals surface area contributed by atoms with Gasteiger partial charge in [0.1, 0.15) is 5.52 Å². The molecule has 8 nitrogen and oxygen atoms in total. The molecule has 0 radical (unpaired) electrons. The lowest BCUT2D eigenvalue weighted by Gasteiger charge is -2.34. The molecule has 0 aliphatic carbocycles. The molecule has 4 aromatic rings. The average molecular weight is 430 g/mol. The summed E-state index contributed by atoms with van der Waals surface area (Å²) >= 11 is 0. The first-order valence-electron chi connectivity index (χ1n) is 10.9. The van der Waals surface area contributed by atoms with Crippen molar-refractivity contribution in [3.8, 4) is 22.4 Å². The van der Waals surface area contributed by atoms with E-state index in [2.05, 4.69) is 51.1 Å². The van der Waals surface area contributed by atoms with Crippen molar-refractivity contribution in [1.82, 2.24) is 24.4 Å². The summed E-state index contributed by atoms with van der Waals surface area (Å²) in [7, 11) is 2.16. The number of aromatic amines is 1. The quantitative estimate of drug-likeness (QED) is 0.505. The van der Waals surface area contributed by atoms with Crippen LogP contribution in [0.2, 0.25) is 0 Å². The van der Waals surface area contributed by atoms with Crippen molar-refractivity contribution in [3.63, 3.8) is 0 Å². The van der Waals surface area contributed by atoms with Crippen LogP contribution in [0.5, 0.6) is 0 Å². The van der Waals surface area contributed by atoms with Crippen LogP contribution in [-0.2, 0) is 6.54 Å². The number of anilines is 1. The van der Waals surface area contributed by atoms with E-state index in [0.29, 0.717) is 13.1 Å². The van der Waals surface area contributed by atoms with Gasteiger partial charge in [-0.15, -0.1) is 0 Å². The van der Waals surface area contributed by atoms with Crippen LogP contribution in [0.4, 0.5) is 5.69 Å². The molecule has 0 saturated carbocycles. The van der Waals surface area contributed by atoms with E-state index in [-0.39, 0.29) is 5.56 Å². The Morgan fingerprint density at radius 1 is 1.03 bits per heavy atom. The van der Waals surface area contributed by atoms with E-state index in [4.69, 9.17) is 10.7 Å². The number of hydrogen-bond acceptors (Lipinski definition) is 6. The van der Waals surface area contributed by atoms with E-state index in [1.807, 2.05) is 18.5 Å². The summed E-state index contributed by atoms with van der Waals surface area (Å²) in [6, 6.07) is 11.9. The number of fused-ring (bicyclic) bond motifs is 1. The molecular weight excluding hydrogens is 402 g/mol. The Morgan fingerprint density at radius 3 is 2.53 bits per heavy atom. The molecule has 1 saturated heterocycles. The number of piperazine rings is 1. The maximum atomic E-state index is 12.1. The maximum Gasteiger partial charge on any atom is 0.250 e. The highest BCUT2D eigenvalue weighted by atomic mass is 16.1. The Hall–Kier alpha value is -3.49. The van der Waals surface area contributed by atoms with Crippen molar-refractivity contribution in [3.05, 3.63) is 65.3 Å². The largest absolute Gasteiger partial charge is 0.369 e. The molecule has 0 atom stereocenters. The van der Waals surface area contributed by atoms with Gasteiger partial charge < -0.3 is 25.1 Å². The number of nitrogens with one attached hydrogen (secondary N) is 1. The van der Waals surface area contributed by atoms with E-state index in [9.17, 15) is 4.79 Å². The summed E-state index contributed by atoms with van der Waals surface area (Å²) in [5.41, 5.74) is 12.0. The minimum atomic E-state index is -0.0637. The van der Waals surface area contributed by atoms with Gasteiger partial charge in [0.25, 0.3) is 5.56 Å². The van der Waals surface area contributed by atoms with E-state index in [0.717, 1.165) is 59.7 Å². The zero-order chi connectivity index (χ0) is 22.1. The number of aromatic nitrogens is 4. The van der Waals surface area contributed by atoms with Crippen molar-refractivity contribution in [1.29, 1.82) is 0 Å². The van der Waals surface area contributed by atoms with Gasteiger partial charge in [0.05, 0.1) is 11.9 Å². The third-order valence-corrected chi connectivity index (χ3v) is 6.08. The molecule has 164 valence electrons. The van der Waals surface area contributed by atoms with Gasteiger partial charge in [-0.05, 0) is 25.2 Å². The Bertz CT molecular complexity index is 1280. The van der Waals surface area contributed by atoms with E-state index in [1.165, 1.54) is 5.69 Å². The standard InChI is InChI=1S/C24H27N7O/c1-29-10-12-30(13-11-29)19-5-2-17(3-6-19)21-15-27-24-23(28-21)20(14-26-24)18-4-7-22(32)31(16-18)9-8-25/h2-7,14-16H,8-13,25H2,1H3,(H,26,27). The van der Waals surface area contributed by atoms with Gasteiger partial charge in [0.2, 0.25) is 0 Å². The Kier molecular flexibility index (Phi) is 5.46. The smallest absolute Gasteiger partial charge is 0.250 e. The van der Waals surface area contributed by atoms with Crippen molar-refractivity contribution in [2.24, 2.45) is 5.73 Å². The zero-order valence-electron chi connectivity index (χ0n) is 18.2. The zero-order valence-corrected chi connectivity index (χ0v) is 18.2. The molecule has 1 aliphatic rings. The lowest BCUT2D eigenvalue weighted by atomic mass is 10.1. The number of nitrogens with zero attached hydrogens (tertiary/aromatic N) is 5. The molecular formula is C24H27N7O. The van der Waals surface area contributed by atoms with Gasteiger partial charge in [-0.3, -0.25) is 4.79 Å². The van der Waals surface area contributed by atoms with Gasteiger partial charge in [-0.25, -0.2) is 9.97 Å². The fourth-order valence-corrected chi connectivity index (χ4v) is 4.16. The summed E-state index contributed by atoms with van der Waals surface area (Å²) in [5.74, 6) is 0. The molecule has 0 bridgehead atoms. The number of pyridine rings is 1. The van der Waals surface area contributed by atoms with E-state index in [1.54, 1.807) is 16.8 Å². The Balaban J connectivity index is 1.46. The lowest BCUT2D eigenvalue weighted by molar-refractivity contribution is 0.313. The fourth-order valence-electron chi connectivity index (χ4n) is 4.16. The van der Waals surface area contributed by atoms with Crippen LogP contribution in [0.1, 0.15) is 0 Å². The number of rotatable bonds is 5. The molecule has 5 rings (SSSR count). The summed E-state index contributed by atoms with van der Waals surface area (Å²) in [6.07, 6.45) is 5.51. The first kappa shape index (κ1) is 20.4. The van der Waals surface area contributed by atoms with Crippen LogP contribution >= 0.6 is 0 Å². The van der Waals surface area contributed by atoms with Crippen LogP contribution in [0.3, 0.4) is 0 Å². The molecule has 1 aliphatic heterocycles. The second kappa shape index (κ2) is 8.57. The lowest BCUT2D eigenvalue weighted by Crippen LogP contribution is -2.44. The number of likely N-dealkylation sites (N-methyl/N-ethyl adjacent to an activating group) is 1. The predicted molar refractivity (Wildman–Crippen MR) is 128 cm³/mol. The second-order valence-electron chi connectivity index (χ2n) is 8.23. The number of hydrogen-bond donors (Lipinski definition) is 2. The molecule has 4 heterocycles. The first-order chi connectivity index (χ1) is 15.6. The Morgan fingerprint density at radius 2 is 1.78 bits per heavy atom. The molecule has 0 spiro atoms. The van der Waals surface area contributed by atoms with Crippen LogP contribution in [-0.4, -0.2) is 64.2 Å².